The summed E-state index contributed by atoms with van der Waals surface area (Å²) >= 11 is 0. The molecule has 2 N–H and O–H groups in total. The van der Waals surface area contributed by atoms with Gasteiger partial charge in [-0.3, -0.25) is 14.4 Å². The third-order valence-electron chi connectivity index (χ3n) is 4.67. The lowest BCUT2D eigenvalue weighted by Gasteiger charge is -2.41. The first-order valence-electron chi connectivity index (χ1n) is 8.91. The maximum absolute atomic E-state index is 12.7. The van der Waals surface area contributed by atoms with Crippen LogP contribution in [0.2, 0.25) is 0 Å². The Kier molecular flexibility index (Phi) is 7.00. The number of aliphatic carboxylic acids is 1. The van der Waals surface area contributed by atoms with E-state index in [9.17, 15) is 14.4 Å². The summed E-state index contributed by atoms with van der Waals surface area (Å²) in [7, 11) is 1.55. The maximum Gasteiger partial charge on any atom is 0.322 e. The molecule has 1 fully saturated rings. The van der Waals surface area contributed by atoms with E-state index in [1.165, 1.54) is 0 Å². The number of nitrogens with zero attached hydrogens (tertiary/aromatic N) is 1. The van der Waals surface area contributed by atoms with Crippen LogP contribution in [0.5, 0.6) is 5.75 Å². The third kappa shape index (κ3) is 4.53. The Hall–Kier alpha value is -2.57. The Morgan fingerprint density at radius 2 is 2.08 bits per heavy atom. The van der Waals surface area contributed by atoms with Gasteiger partial charge in [-0.15, -0.1) is 0 Å². The average Bonchev–Trinajstić information content (AvgIpc) is 2.64. The summed E-state index contributed by atoms with van der Waals surface area (Å²) in [6.45, 7) is 2.17. The van der Waals surface area contributed by atoms with Crippen LogP contribution in [0, 0.1) is 5.92 Å². The van der Waals surface area contributed by atoms with E-state index in [-0.39, 0.29) is 18.2 Å². The van der Waals surface area contributed by atoms with Crippen molar-refractivity contribution in [3.05, 3.63) is 29.8 Å². The lowest BCUT2D eigenvalue weighted by molar-refractivity contribution is -0.145. The predicted molar refractivity (Wildman–Crippen MR) is 95.7 cm³/mol. The summed E-state index contributed by atoms with van der Waals surface area (Å²) in [6, 6.07) is 6.88. The van der Waals surface area contributed by atoms with Crippen LogP contribution in [0.25, 0.3) is 0 Å². The number of nitrogens with one attached hydrogen (secondary N) is 1. The number of hydrogen-bond acceptors (Lipinski definition) is 4. The maximum atomic E-state index is 12.7. The van der Waals surface area contributed by atoms with Gasteiger partial charge in [0.15, 0.2) is 0 Å². The van der Waals surface area contributed by atoms with Gasteiger partial charge in [0.05, 0.1) is 19.1 Å². The van der Waals surface area contributed by atoms with E-state index in [2.05, 4.69) is 5.32 Å². The van der Waals surface area contributed by atoms with Crippen LogP contribution in [0.15, 0.2) is 24.3 Å². The largest absolute Gasteiger partial charge is 0.496 e. The standard InChI is InChI=1S/C19H26N2O5/c1-3-4-11-21-16(22)10-9-14(19(25)20-12-17(23)24)18(21)13-7-5-6-8-15(13)26-2/h5-8,14,18H,3-4,9-12H2,1-2H3,(H,20,25)(H,23,24)/t14-,18-/m1/s1. The molecule has 0 aromatic heterocycles. The van der Waals surface area contributed by atoms with E-state index in [0.717, 1.165) is 18.4 Å². The predicted octanol–water partition coefficient (Wildman–Crippen LogP) is 1.98. The lowest BCUT2D eigenvalue weighted by atomic mass is 9.83. The molecular formula is C19H26N2O5. The van der Waals surface area contributed by atoms with E-state index in [1.807, 2.05) is 25.1 Å². The Morgan fingerprint density at radius 1 is 1.35 bits per heavy atom. The molecule has 0 bridgehead atoms. The van der Waals surface area contributed by atoms with Gasteiger partial charge in [0.25, 0.3) is 0 Å². The molecule has 0 radical (unpaired) electrons. The molecule has 1 aromatic rings. The number of hydrogen-bond donors (Lipinski definition) is 2. The van der Waals surface area contributed by atoms with Crippen molar-refractivity contribution in [2.45, 2.75) is 38.6 Å². The number of para-hydroxylation sites is 1. The monoisotopic (exact) mass is 362 g/mol. The molecule has 2 rings (SSSR count). The first-order chi connectivity index (χ1) is 12.5. The summed E-state index contributed by atoms with van der Waals surface area (Å²) < 4.78 is 5.45. The van der Waals surface area contributed by atoms with Gasteiger partial charge in [0.1, 0.15) is 12.3 Å². The molecule has 26 heavy (non-hydrogen) atoms. The molecule has 1 aliphatic rings. The smallest absolute Gasteiger partial charge is 0.322 e. The van der Waals surface area contributed by atoms with Gasteiger partial charge in [0.2, 0.25) is 11.8 Å². The molecule has 0 aliphatic carbocycles. The minimum Gasteiger partial charge on any atom is -0.496 e. The first-order valence-corrected chi connectivity index (χ1v) is 8.91. The van der Waals surface area contributed by atoms with Crippen LogP contribution < -0.4 is 10.1 Å². The van der Waals surface area contributed by atoms with Crippen molar-refractivity contribution in [2.75, 3.05) is 20.2 Å². The molecule has 1 heterocycles. The fourth-order valence-corrected chi connectivity index (χ4v) is 3.41. The van der Waals surface area contributed by atoms with Crippen LogP contribution in [0.1, 0.15) is 44.2 Å². The van der Waals surface area contributed by atoms with Crippen molar-refractivity contribution in [1.82, 2.24) is 10.2 Å². The minimum atomic E-state index is -1.10. The van der Waals surface area contributed by atoms with Crippen LogP contribution in [-0.2, 0) is 14.4 Å². The molecule has 0 saturated carbocycles. The fourth-order valence-electron chi connectivity index (χ4n) is 3.41. The van der Waals surface area contributed by atoms with Crippen LogP contribution >= 0.6 is 0 Å². The Morgan fingerprint density at radius 3 is 2.73 bits per heavy atom. The van der Waals surface area contributed by atoms with Crippen LogP contribution in [0.3, 0.4) is 0 Å². The fraction of sp³-hybridized carbons (Fsp3) is 0.526. The lowest BCUT2D eigenvalue weighted by Crippen LogP contribution is -2.49. The molecule has 1 aromatic carbocycles. The van der Waals surface area contributed by atoms with Crippen molar-refractivity contribution >= 4 is 17.8 Å². The SMILES string of the molecule is CCCCN1C(=O)CC[C@@H](C(=O)NCC(=O)O)[C@H]1c1ccccc1OC. The number of unbranched alkanes of at least 4 members (excludes halogenated alkanes) is 1. The third-order valence-corrected chi connectivity index (χ3v) is 4.67. The van der Waals surface area contributed by atoms with Crippen molar-refractivity contribution < 1.29 is 24.2 Å². The van der Waals surface area contributed by atoms with E-state index in [0.29, 0.717) is 18.7 Å². The number of benzene rings is 1. The topological polar surface area (TPSA) is 95.9 Å². The van der Waals surface area contributed by atoms with Gasteiger partial charge in [-0.05, 0) is 18.9 Å². The zero-order valence-electron chi connectivity index (χ0n) is 15.2. The molecule has 0 spiro atoms. The zero-order valence-corrected chi connectivity index (χ0v) is 15.2. The molecule has 7 nitrogen and oxygen atoms in total. The first kappa shape index (κ1) is 19.8. The molecule has 2 amide bonds. The number of rotatable bonds is 8. The number of amides is 2. The van der Waals surface area contributed by atoms with E-state index >= 15 is 0 Å². The molecule has 1 aliphatic heterocycles. The van der Waals surface area contributed by atoms with Crippen molar-refractivity contribution in [3.8, 4) is 5.75 Å². The van der Waals surface area contributed by atoms with Crippen LogP contribution in [-0.4, -0.2) is 48.0 Å². The van der Waals surface area contributed by atoms with Crippen molar-refractivity contribution in [3.63, 3.8) is 0 Å². The van der Waals surface area contributed by atoms with E-state index < -0.39 is 24.5 Å². The number of carbonyl (C=O) groups excluding carboxylic acids is 2. The summed E-state index contributed by atoms with van der Waals surface area (Å²) in [5.41, 5.74) is 0.773. The normalized spacial score (nSPS) is 19.9. The average molecular weight is 362 g/mol. The van der Waals surface area contributed by atoms with Crippen molar-refractivity contribution in [1.29, 1.82) is 0 Å². The minimum absolute atomic E-state index is 0.0108. The Labute approximate surface area is 153 Å². The quantitative estimate of drug-likeness (QED) is 0.737. The summed E-state index contributed by atoms with van der Waals surface area (Å²) in [6.07, 6.45) is 2.43. The van der Waals surface area contributed by atoms with E-state index in [1.54, 1.807) is 18.1 Å². The molecule has 1 saturated heterocycles. The van der Waals surface area contributed by atoms with Gasteiger partial charge in [-0.2, -0.15) is 0 Å². The highest BCUT2D eigenvalue weighted by atomic mass is 16.5. The second-order valence-corrected chi connectivity index (χ2v) is 6.38. The second-order valence-electron chi connectivity index (χ2n) is 6.38. The molecular weight excluding hydrogens is 336 g/mol. The second kappa shape index (κ2) is 9.22. The number of carbonyl (C=O) groups is 3. The molecule has 0 unspecified atom stereocenters. The summed E-state index contributed by atoms with van der Waals surface area (Å²) in [5.74, 6) is -1.33. The number of ether oxygens (including phenoxy) is 1. The number of piperidine rings is 1. The highest BCUT2D eigenvalue weighted by molar-refractivity contribution is 5.87. The number of methoxy groups -OCH3 is 1. The Balaban J connectivity index is 2.39. The number of carboxylic acid groups (broad SMARTS) is 1. The number of carboxylic acids is 1. The summed E-state index contributed by atoms with van der Waals surface area (Å²) in [5, 5.41) is 11.3. The highest BCUT2D eigenvalue weighted by Gasteiger charge is 2.41. The molecule has 7 heteroatoms. The number of likely N-dealkylation sites (tertiary alicyclic amines) is 1. The van der Waals surface area contributed by atoms with E-state index in [4.69, 9.17) is 9.84 Å². The van der Waals surface area contributed by atoms with Gasteiger partial charge < -0.3 is 20.1 Å². The van der Waals surface area contributed by atoms with Gasteiger partial charge in [-0.1, -0.05) is 31.5 Å². The van der Waals surface area contributed by atoms with Crippen molar-refractivity contribution in [2.24, 2.45) is 5.92 Å². The summed E-state index contributed by atoms with van der Waals surface area (Å²) in [4.78, 5) is 37.8. The Bertz CT molecular complexity index is 661. The molecule has 2 atom stereocenters. The van der Waals surface area contributed by atoms with Gasteiger partial charge >= 0.3 is 5.97 Å². The molecule has 142 valence electrons. The zero-order chi connectivity index (χ0) is 19.1. The highest BCUT2D eigenvalue weighted by Crippen LogP contribution is 2.40. The van der Waals surface area contributed by atoms with Crippen LogP contribution in [0.4, 0.5) is 0 Å². The van der Waals surface area contributed by atoms with Gasteiger partial charge in [0, 0.05) is 18.5 Å². The van der Waals surface area contributed by atoms with Gasteiger partial charge in [-0.25, -0.2) is 0 Å².